The van der Waals surface area contributed by atoms with Crippen LogP contribution < -0.4 is 0 Å². The van der Waals surface area contributed by atoms with Crippen molar-refractivity contribution < 1.29 is 4.79 Å². The maximum absolute atomic E-state index is 11.2. The molecule has 1 heterocycles. The van der Waals surface area contributed by atoms with Gasteiger partial charge in [0.2, 0.25) is 0 Å². The molecular formula is C10H5BrN2O. The number of fused-ring (bicyclic) bond motifs is 1. The van der Waals surface area contributed by atoms with Gasteiger partial charge < -0.3 is 4.98 Å². The van der Waals surface area contributed by atoms with Crippen LogP contribution in [0.4, 0.5) is 0 Å². The molecule has 0 saturated heterocycles. The van der Waals surface area contributed by atoms with E-state index in [9.17, 15) is 4.79 Å². The Morgan fingerprint density at radius 1 is 1.50 bits per heavy atom. The molecular weight excluding hydrogens is 244 g/mol. The summed E-state index contributed by atoms with van der Waals surface area (Å²) in [6.45, 7) is 0. The van der Waals surface area contributed by atoms with Crippen LogP contribution >= 0.6 is 15.9 Å². The van der Waals surface area contributed by atoms with Crippen LogP contribution in [-0.4, -0.2) is 10.8 Å². The van der Waals surface area contributed by atoms with E-state index in [-0.39, 0.29) is 0 Å². The van der Waals surface area contributed by atoms with E-state index in [0.717, 1.165) is 15.4 Å². The summed E-state index contributed by atoms with van der Waals surface area (Å²) < 4.78 is 0.933. The molecule has 4 heteroatoms. The van der Waals surface area contributed by atoms with Gasteiger partial charge in [-0.05, 0) is 12.1 Å². The first-order valence-corrected chi connectivity index (χ1v) is 4.73. The Labute approximate surface area is 88.5 Å². The molecule has 1 aromatic heterocycles. The second kappa shape index (κ2) is 3.28. The number of Topliss-reactive ketones (excluding diaryl/α,β-unsaturated/α-hetero) is 1. The number of H-pyrrole nitrogens is 1. The third-order valence-corrected chi connectivity index (χ3v) is 2.48. The molecule has 0 atom stereocenters. The second-order valence-corrected chi connectivity index (χ2v) is 3.75. The highest BCUT2D eigenvalue weighted by Gasteiger charge is 2.10. The van der Waals surface area contributed by atoms with Crippen LogP contribution in [0.1, 0.15) is 10.4 Å². The first kappa shape index (κ1) is 8.97. The summed E-state index contributed by atoms with van der Waals surface area (Å²) in [5, 5.41) is 9.28. The van der Waals surface area contributed by atoms with Crippen LogP contribution in [0, 0.1) is 11.3 Å². The maximum Gasteiger partial charge on any atom is 0.264 e. The summed E-state index contributed by atoms with van der Waals surface area (Å²) in [5.41, 5.74) is 1.27. The van der Waals surface area contributed by atoms with Gasteiger partial charge in [0.15, 0.2) is 0 Å². The normalized spacial score (nSPS) is 10.0. The zero-order chi connectivity index (χ0) is 10.1. The Balaban J connectivity index is 2.71. The van der Waals surface area contributed by atoms with E-state index in [1.807, 2.05) is 12.1 Å². The molecule has 3 nitrogen and oxygen atoms in total. The van der Waals surface area contributed by atoms with Crippen molar-refractivity contribution in [1.29, 1.82) is 5.26 Å². The number of aromatic amines is 1. The van der Waals surface area contributed by atoms with E-state index in [1.165, 1.54) is 0 Å². The van der Waals surface area contributed by atoms with Crippen LogP contribution in [0.25, 0.3) is 10.9 Å². The standard InChI is InChI=1S/C10H5BrN2O/c11-6-1-2-7-8(10(14)4-12)5-13-9(7)3-6/h1-3,5,13H. The maximum atomic E-state index is 11.2. The molecule has 0 aliphatic heterocycles. The van der Waals surface area contributed by atoms with Gasteiger partial charge in [0.05, 0.1) is 5.56 Å². The largest absolute Gasteiger partial charge is 0.360 e. The van der Waals surface area contributed by atoms with Crippen molar-refractivity contribution in [3.8, 4) is 6.07 Å². The molecule has 0 amide bonds. The predicted octanol–water partition coefficient (Wildman–Crippen LogP) is 2.64. The topological polar surface area (TPSA) is 56.6 Å². The number of benzene rings is 1. The molecule has 2 aromatic rings. The van der Waals surface area contributed by atoms with E-state index in [2.05, 4.69) is 20.9 Å². The van der Waals surface area contributed by atoms with Crippen molar-refractivity contribution in [3.05, 3.63) is 34.4 Å². The Kier molecular flexibility index (Phi) is 2.10. The number of hydrogen-bond donors (Lipinski definition) is 1. The zero-order valence-corrected chi connectivity index (χ0v) is 8.63. The van der Waals surface area contributed by atoms with Gasteiger partial charge in [0.25, 0.3) is 5.78 Å². The first-order chi connectivity index (χ1) is 6.72. The van der Waals surface area contributed by atoms with Crippen LogP contribution in [0.2, 0.25) is 0 Å². The van der Waals surface area contributed by atoms with Gasteiger partial charge in [-0.3, -0.25) is 4.79 Å². The number of hydrogen-bond acceptors (Lipinski definition) is 2. The zero-order valence-electron chi connectivity index (χ0n) is 7.04. The molecule has 1 aromatic carbocycles. The highest BCUT2D eigenvalue weighted by Crippen LogP contribution is 2.22. The number of rotatable bonds is 1. The van der Waals surface area contributed by atoms with Crippen molar-refractivity contribution in [2.45, 2.75) is 0 Å². The minimum absolute atomic E-state index is 0.426. The average Bonchev–Trinajstić information content (AvgIpc) is 2.59. The molecule has 0 unspecified atom stereocenters. The number of nitrogens with one attached hydrogen (secondary N) is 1. The number of aromatic nitrogens is 1. The highest BCUT2D eigenvalue weighted by atomic mass is 79.9. The smallest absolute Gasteiger partial charge is 0.264 e. The molecule has 0 aliphatic rings. The lowest BCUT2D eigenvalue weighted by Crippen LogP contribution is -1.91. The van der Waals surface area contributed by atoms with Gasteiger partial charge in [-0.15, -0.1) is 0 Å². The van der Waals surface area contributed by atoms with Gasteiger partial charge in [-0.2, -0.15) is 5.26 Å². The molecule has 0 spiro atoms. The third kappa shape index (κ3) is 1.32. The number of nitriles is 1. The Morgan fingerprint density at radius 2 is 2.29 bits per heavy atom. The summed E-state index contributed by atoms with van der Waals surface area (Å²) in [7, 11) is 0. The van der Waals surface area contributed by atoms with E-state index < -0.39 is 5.78 Å². The van der Waals surface area contributed by atoms with Gasteiger partial charge in [0, 0.05) is 21.6 Å². The summed E-state index contributed by atoms with van der Waals surface area (Å²) in [4.78, 5) is 14.1. The van der Waals surface area contributed by atoms with Crippen molar-refractivity contribution in [1.82, 2.24) is 4.98 Å². The molecule has 14 heavy (non-hydrogen) atoms. The summed E-state index contributed by atoms with van der Waals surface area (Å²) in [5.74, 6) is -0.515. The van der Waals surface area contributed by atoms with Gasteiger partial charge in [-0.25, -0.2) is 0 Å². The fraction of sp³-hybridized carbons (Fsp3) is 0. The van der Waals surface area contributed by atoms with Gasteiger partial charge >= 0.3 is 0 Å². The SMILES string of the molecule is N#CC(=O)c1c[nH]c2cc(Br)ccc12. The van der Waals surface area contributed by atoms with E-state index in [0.29, 0.717) is 5.56 Å². The van der Waals surface area contributed by atoms with Gasteiger partial charge in [0.1, 0.15) is 6.07 Å². The molecule has 0 bridgehead atoms. The Bertz CT molecular complexity index is 551. The first-order valence-electron chi connectivity index (χ1n) is 3.93. The summed E-state index contributed by atoms with van der Waals surface area (Å²) >= 11 is 3.33. The summed E-state index contributed by atoms with van der Waals surface area (Å²) in [6, 6.07) is 7.11. The lowest BCUT2D eigenvalue weighted by atomic mass is 10.1. The molecule has 0 saturated carbocycles. The molecule has 68 valence electrons. The number of halogens is 1. The Morgan fingerprint density at radius 3 is 3.00 bits per heavy atom. The van der Waals surface area contributed by atoms with Gasteiger partial charge in [-0.1, -0.05) is 22.0 Å². The Hall–Kier alpha value is -1.60. The molecule has 1 N–H and O–H groups in total. The lowest BCUT2D eigenvalue weighted by Gasteiger charge is -1.92. The number of nitrogens with zero attached hydrogens (tertiary/aromatic N) is 1. The lowest BCUT2D eigenvalue weighted by molar-refractivity contribution is 0.105. The van der Waals surface area contributed by atoms with Crippen molar-refractivity contribution in [2.24, 2.45) is 0 Å². The van der Waals surface area contributed by atoms with E-state index in [1.54, 1.807) is 18.3 Å². The average molecular weight is 249 g/mol. The van der Waals surface area contributed by atoms with Crippen LogP contribution in [0.3, 0.4) is 0 Å². The molecule has 2 rings (SSSR count). The monoisotopic (exact) mass is 248 g/mol. The fourth-order valence-electron chi connectivity index (χ4n) is 1.35. The molecule has 0 fully saturated rings. The second-order valence-electron chi connectivity index (χ2n) is 2.83. The van der Waals surface area contributed by atoms with Crippen LogP contribution in [0.15, 0.2) is 28.9 Å². The van der Waals surface area contributed by atoms with E-state index >= 15 is 0 Å². The quantitative estimate of drug-likeness (QED) is 0.623. The van der Waals surface area contributed by atoms with Crippen LogP contribution in [-0.2, 0) is 0 Å². The highest BCUT2D eigenvalue weighted by molar-refractivity contribution is 9.10. The minimum atomic E-state index is -0.515. The predicted molar refractivity (Wildman–Crippen MR) is 55.9 cm³/mol. The molecule has 0 radical (unpaired) electrons. The molecule has 0 aliphatic carbocycles. The van der Waals surface area contributed by atoms with Crippen LogP contribution in [0.5, 0.6) is 0 Å². The summed E-state index contributed by atoms with van der Waals surface area (Å²) in [6.07, 6.45) is 1.56. The number of carbonyl (C=O) groups is 1. The minimum Gasteiger partial charge on any atom is -0.360 e. The van der Waals surface area contributed by atoms with E-state index in [4.69, 9.17) is 5.26 Å². The fourth-order valence-corrected chi connectivity index (χ4v) is 1.71. The van der Waals surface area contributed by atoms with Crippen molar-refractivity contribution in [3.63, 3.8) is 0 Å². The number of carbonyl (C=O) groups excluding carboxylic acids is 1. The third-order valence-electron chi connectivity index (χ3n) is 1.99. The van der Waals surface area contributed by atoms with Crippen molar-refractivity contribution >= 4 is 32.6 Å². The van der Waals surface area contributed by atoms with Crippen molar-refractivity contribution in [2.75, 3.05) is 0 Å². The number of ketones is 1.